The SMILES string of the molecule is COC(=O)[C@H](CCCCl)P(=O)(OC)OC. The highest BCUT2D eigenvalue weighted by molar-refractivity contribution is 7.55. The molecular weight excluding hydrogens is 243 g/mol. The lowest BCUT2D eigenvalue weighted by molar-refractivity contribution is -0.140. The Balaban J connectivity index is 4.74. The quantitative estimate of drug-likeness (QED) is 0.397. The molecule has 0 bridgehead atoms. The molecule has 0 radical (unpaired) electrons. The van der Waals surface area contributed by atoms with Gasteiger partial charge in [0.1, 0.15) is 0 Å². The molecule has 0 spiro atoms. The number of hydrogen-bond donors (Lipinski definition) is 0. The van der Waals surface area contributed by atoms with E-state index in [2.05, 4.69) is 4.74 Å². The largest absolute Gasteiger partial charge is 0.468 e. The van der Waals surface area contributed by atoms with Crippen LogP contribution in [0, 0.1) is 0 Å². The summed E-state index contributed by atoms with van der Waals surface area (Å²) in [6.45, 7) is 0. The summed E-state index contributed by atoms with van der Waals surface area (Å²) in [5.74, 6) is -0.229. The average molecular weight is 259 g/mol. The topological polar surface area (TPSA) is 61.8 Å². The molecule has 0 fully saturated rings. The summed E-state index contributed by atoms with van der Waals surface area (Å²) in [4.78, 5) is 11.4. The van der Waals surface area contributed by atoms with Gasteiger partial charge in [-0.25, -0.2) is 0 Å². The maximum atomic E-state index is 12.0. The summed E-state index contributed by atoms with van der Waals surface area (Å²) in [6, 6.07) is 0. The minimum Gasteiger partial charge on any atom is -0.468 e. The second kappa shape index (κ2) is 7.23. The van der Waals surface area contributed by atoms with Gasteiger partial charge in [0.25, 0.3) is 0 Å². The van der Waals surface area contributed by atoms with Gasteiger partial charge in [0.05, 0.1) is 7.11 Å². The molecule has 0 rings (SSSR count). The van der Waals surface area contributed by atoms with Gasteiger partial charge in [0.15, 0.2) is 5.66 Å². The number of alkyl halides is 1. The van der Waals surface area contributed by atoms with Crippen molar-refractivity contribution in [3.05, 3.63) is 0 Å². The van der Waals surface area contributed by atoms with Crippen molar-refractivity contribution in [3.8, 4) is 0 Å². The van der Waals surface area contributed by atoms with Crippen molar-refractivity contribution < 1.29 is 23.1 Å². The van der Waals surface area contributed by atoms with E-state index in [0.29, 0.717) is 18.7 Å². The van der Waals surface area contributed by atoms with E-state index < -0.39 is 19.2 Å². The molecular formula is C8H16ClO5P. The normalized spacial score (nSPS) is 13.6. The number of rotatable bonds is 7. The molecule has 0 saturated carbocycles. The van der Waals surface area contributed by atoms with Gasteiger partial charge in [-0.3, -0.25) is 9.36 Å². The van der Waals surface area contributed by atoms with Crippen molar-refractivity contribution in [3.63, 3.8) is 0 Å². The third kappa shape index (κ3) is 4.11. The van der Waals surface area contributed by atoms with Gasteiger partial charge in [-0.15, -0.1) is 11.6 Å². The number of halogens is 1. The van der Waals surface area contributed by atoms with Crippen molar-refractivity contribution in [2.24, 2.45) is 0 Å². The van der Waals surface area contributed by atoms with Crippen LogP contribution in [0.1, 0.15) is 12.8 Å². The molecule has 0 saturated heterocycles. The Bertz CT molecular complexity index is 237. The van der Waals surface area contributed by atoms with E-state index in [1.165, 1.54) is 21.3 Å². The lowest BCUT2D eigenvalue weighted by Crippen LogP contribution is -2.24. The number of carbonyl (C=O) groups is 1. The Hall–Kier alpha value is -0.0900. The molecule has 15 heavy (non-hydrogen) atoms. The first-order valence-electron chi connectivity index (χ1n) is 4.40. The lowest BCUT2D eigenvalue weighted by atomic mass is 10.2. The van der Waals surface area contributed by atoms with Gasteiger partial charge in [0, 0.05) is 20.1 Å². The monoisotopic (exact) mass is 258 g/mol. The van der Waals surface area contributed by atoms with Crippen LogP contribution in [0.3, 0.4) is 0 Å². The number of esters is 1. The average Bonchev–Trinajstić information content (AvgIpc) is 2.28. The molecule has 5 nitrogen and oxygen atoms in total. The molecule has 0 N–H and O–H groups in total. The van der Waals surface area contributed by atoms with Crippen LogP contribution >= 0.6 is 19.2 Å². The zero-order chi connectivity index (χ0) is 11.9. The second-order valence-electron chi connectivity index (χ2n) is 2.78. The highest BCUT2D eigenvalue weighted by Gasteiger charge is 2.40. The van der Waals surface area contributed by atoms with E-state index >= 15 is 0 Å². The van der Waals surface area contributed by atoms with Gasteiger partial charge in [-0.1, -0.05) is 0 Å². The summed E-state index contributed by atoms with van der Waals surface area (Å²) < 4.78 is 26.0. The van der Waals surface area contributed by atoms with Gasteiger partial charge in [-0.05, 0) is 12.8 Å². The van der Waals surface area contributed by atoms with Gasteiger partial charge in [-0.2, -0.15) is 0 Å². The third-order valence-electron chi connectivity index (χ3n) is 1.98. The molecule has 0 heterocycles. The maximum absolute atomic E-state index is 12.0. The van der Waals surface area contributed by atoms with E-state index in [4.69, 9.17) is 20.6 Å². The Labute approximate surface area is 94.6 Å². The molecule has 7 heteroatoms. The van der Waals surface area contributed by atoms with Crippen LogP contribution in [-0.4, -0.2) is 38.8 Å². The van der Waals surface area contributed by atoms with Crippen LogP contribution in [0.25, 0.3) is 0 Å². The van der Waals surface area contributed by atoms with Crippen molar-refractivity contribution >= 4 is 25.2 Å². The van der Waals surface area contributed by atoms with Crippen LogP contribution in [-0.2, 0) is 23.1 Å². The van der Waals surface area contributed by atoms with Gasteiger partial charge >= 0.3 is 13.6 Å². The third-order valence-corrected chi connectivity index (χ3v) is 4.49. The van der Waals surface area contributed by atoms with Crippen molar-refractivity contribution in [2.45, 2.75) is 18.5 Å². The molecule has 1 atom stereocenters. The highest BCUT2D eigenvalue weighted by Crippen LogP contribution is 2.53. The molecule has 0 unspecified atom stereocenters. The first-order chi connectivity index (χ1) is 7.05. The molecule has 90 valence electrons. The Morgan fingerprint density at radius 1 is 1.33 bits per heavy atom. The fourth-order valence-corrected chi connectivity index (χ4v) is 2.82. The van der Waals surface area contributed by atoms with Gasteiger partial charge < -0.3 is 13.8 Å². The van der Waals surface area contributed by atoms with Crippen LogP contribution in [0.4, 0.5) is 0 Å². The molecule has 0 aromatic carbocycles. The zero-order valence-electron chi connectivity index (χ0n) is 9.07. The van der Waals surface area contributed by atoms with Crippen molar-refractivity contribution in [1.82, 2.24) is 0 Å². The fraction of sp³-hybridized carbons (Fsp3) is 0.875. The van der Waals surface area contributed by atoms with E-state index in [9.17, 15) is 9.36 Å². The molecule has 0 aromatic rings. The number of methoxy groups -OCH3 is 1. The summed E-state index contributed by atoms with van der Waals surface area (Å²) in [5.41, 5.74) is -0.906. The Morgan fingerprint density at radius 2 is 1.87 bits per heavy atom. The molecule has 0 amide bonds. The number of carbonyl (C=O) groups excluding carboxylic acids is 1. The molecule has 0 aliphatic rings. The number of ether oxygens (including phenoxy) is 1. The van der Waals surface area contributed by atoms with Crippen molar-refractivity contribution in [1.29, 1.82) is 0 Å². The lowest BCUT2D eigenvalue weighted by Gasteiger charge is -2.21. The predicted molar refractivity (Wildman–Crippen MR) is 57.4 cm³/mol. The van der Waals surface area contributed by atoms with Crippen LogP contribution in [0.15, 0.2) is 0 Å². The smallest absolute Gasteiger partial charge is 0.344 e. The van der Waals surface area contributed by atoms with Crippen molar-refractivity contribution in [2.75, 3.05) is 27.2 Å². The zero-order valence-corrected chi connectivity index (χ0v) is 10.7. The second-order valence-corrected chi connectivity index (χ2v) is 5.59. The standard InChI is InChI=1S/C8H16ClO5P/c1-12-8(10)7(5-4-6-9)15(11,13-2)14-3/h7H,4-6H2,1-3H3/t7-/m0/s1. The van der Waals surface area contributed by atoms with Crippen LogP contribution in [0.2, 0.25) is 0 Å². The Kier molecular flexibility index (Phi) is 7.18. The summed E-state index contributed by atoms with van der Waals surface area (Å²) in [7, 11) is 0.275. The van der Waals surface area contributed by atoms with E-state index in [0.717, 1.165) is 0 Å². The fourth-order valence-electron chi connectivity index (χ4n) is 1.14. The predicted octanol–water partition coefficient (Wildman–Crippen LogP) is 2.03. The maximum Gasteiger partial charge on any atom is 0.344 e. The number of hydrogen-bond acceptors (Lipinski definition) is 5. The molecule has 0 aliphatic heterocycles. The van der Waals surface area contributed by atoms with E-state index in [-0.39, 0.29) is 0 Å². The first kappa shape index (κ1) is 14.9. The highest BCUT2D eigenvalue weighted by atomic mass is 35.5. The van der Waals surface area contributed by atoms with Gasteiger partial charge in [0.2, 0.25) is 0 Å². The molecule has 0 aliphatic carbocycles. The minimum atomic E-state index is -3.43. The summed E-state index contributed by atoms with van der Waals surface area (Å²) in [6.07, 6.45) is 0.854. The van der Waals surface area contributed by atoms with Crippen LogP contribution < -0.4 is 0 Å². The first-order valence-corrected chi connectivity index (χ1v) is 6.55. The molecule has 0 aromatic heterocycles. The summed E-state index contributed by atoms with van der Waals surface area (Å²) in [5, 5.41) is 0. The van der Waals surface area contributed by atoms with E-state index in [1.807, 2.05) is 0 Å². The van der Waals surface area contributed by atoms with Crippen LogP contribution in [0.5, 0.6) is 0 Å². The minimum absolute atomic E-state index is 0.315. The Morgan fingerprint density at radius 3 is 2.20 bits per heavy atom. The van der Waals surface area contributed by atoms with E-state index in [1.54, 1.807) is 0 Å². The summed E-state index contributed by atoms with van der Waals surface area (Å²) >= 11 is 5.51.